The molecule has 1 aliphatic carbocycles. The molecule has 2 aliphatic rings. The summed E-state index contributed by atoms with van der Waals surface area (Å²) in [5, 5.41) is 0. The van der Waals surface area contributed by atoms with Gasteiger partial charge in [0.15, 0.2) is 0 Å². The molecule has 0 aromatic rings. The van der Waals surface area contributed by atoms with E-state index in [0.29, 0.717) is 5.41 Å². The minimum Gasteiger partial charge on any atom is -0.300 e. The first-order valence-electron chi connectivity index (χ1n) is 6.31. The Morgan fingerprint density at radius 1 is 1.00 bits per heavy atom. The fraction of sp³-hybridized carbons (Fsp3) is 1.00. The van der Waals surface area contributed by atoms with Crippen LogP contribution in [0.2, 0.25) is 0 Å². The molecule has 0 aromatic heterocycles. The Morgan fingerprint density at radius 2 is 1.71 bits per heavy atom. The van der Waals surface area contributed by atoms with Gasteiger partial charge < -0.3 is 4.90 Å². The molecule has 2 fully saturated rings. The topological polar surface area (TPSA) is 3.24 Å². The highest BCUT2D eigenvalue weighted by molar-refractivity contribution is 4.87. The lowest BCUT2D eigenvalue weighted by molar-refractivity contribution is 0.0396. The minimum atomic E-state index is 0.516. The van der Waals surface area contributed by atoms with Crippen molar-refractivity contribution in [2.75, 3.05) is 13.1 Å². The van der Waals surface area contributed by atoms with Gasteiger partial charge in [-0.1, -0.05) is 27.2 Å². The molecule has 1 nitrogen and oxygen atoms in total. The molecule has 1 heteroatoms. The molecular weight excluding hydrogens is 170 g/mol. The number of hydrogen-bond donors (Lipinski definition) is 0. The van der Waals surface area contributed by atoms with Crippen LogP contribution in [-0.2, 0) is 0 Å². The molecule has 14 heavy (non-hydrogen) atoms. The van der Waals surface area contributed by atoms with Gasteiger partial charge in [-0.2, -0.15) is 0 Å². The van der Waals surface area contributed by atoms with Gasteiger partial charge in [0.05, 0.1) is 0 Å². The zero-order chi connectivity index (χ0) is 10.2. The van der Waals surface area contributed by atoms with Crippen LogP contribution in [0.1, 0.15) is 52.9 Å². The monoisotopic (exact) mass is 195 g/mol. The third-order valence-electron chi connectivity index (χ3n) is 4.27. The minimum absolute atomic E-state index is 0.516. The smallest absolute Gasteiger partial charge is 0.00953 e. The molecule has 1 saturated carbocycles. The predicted molar refractivity (Wildman–Crippen MR) is 61.4 cm³/mol. The molecule has 0 radical (unpaired) electrons. The summed E-state index contributed by atoms with van der Waals surface area (Å²) in [6, 6.07) is 0.958. The molecule has 1 saturated heterocycles. The van der Waals surface area contributed by atoms with E-state index in [4.69, 9.17) is 0 Å². The summed E-state index contributed by atoms with van der Waals surface area (Å²) >= 11 is 0. The summed E-state index contributed by atoms with van der Waals surface area (Å²) in [5.41, 5.74) is 0.516. The van der Waals surface area contributed by atoms with E-state index in [9.17, 15) is 0 Å². The molecule has 1 heterocycles. The van der Waals surface area contributed by atoms with E-state index in [2.05, 4.69) is 25.7 Å². The van der Waals surface area contributed by atoms with Crippen LogP contribution in [0.4, 0.5) is 0 Å². The van der Waals surface area contributed by atoms with Crippen molar-refractivity contribution in [3.05, 3.63) is 0 Å². The maximum Gasteiger partial charge on any atom is 0.00953 e. The Bertz CT molecular complexity index is 188. The maximum atomic E-state index is 2.77. The van der Waals surface area contributed by atoms with Crippen molar-refractivity contribution in [2.24, 2.45) is 11.3 Å². The van der Waals surface area contributed by atoms with Crippen LogP contribution in [0.3, 0.4) is 0 Å². The average molecular weight is 195 g/mol. The van der Waals surface area contributed by atoms with E-state index in [1.54, 1.807) is 0 Å². The zero-order valence-electron chi connectivity index (χ0n) is 10.1. The van der Waals surface area contributed by atoms with Crippen LogP contribution in [0.25, 0.3) is 0 Å². The Balaban J connectivity index is 1.90. The van der Waals surface area contributed by atoms with Gasteiger partial charge in [0, 0.05) is 12.6 Å². The average Bonchev–Trinajstić information content (AvgIpc) is 2.00. The lowest BCUT2D eigenvalue weighted by Crippen LogP contribution is -2.48. The van der Waals surface area contributed by atoms with Gasteiger partial charge in [0.25, 0.3) is 0 Å². The summed E-state index contributed by atoms with van der Waals surface area (Å²) < 4.78 is 0. The number of hydrogen-bond acceptors (Lipinski definition) is 1. The first-order chi connectivity index (χ1) is 6.57. The first kappa shape index (κ1) is 10.5. The normalized spacial score (nSPS) is 31.5. The predicted octanol–water partition coefficient (Wildman–Crippen LogP) is 3.30. The van der Waals surface area contributed by atoms with E-state index in [1.165, 1.54) is 45.2 Å². The second-order valence-electron chi connectivity index (χ2n) is 6.28. The van der Waals surface area contributed by atoms with E-state index in [0.717, 1.165) is 12.0 Å². The third kappa shape index (κ3) is 2.13. The molecule has 0 aromatic carbocycles. The standard InChI is InChI=1S/C13H25N/c1-13(2,3)11-6-5-9-14(10-11)12-7-4-8-12/h11-12H,4-10H2,1-3H3. The van der Waals surface area contributed by atoms with E-state index in [-0.39, 0.29) is 0 Å². The van der Waals surface area contributed by atoms with Gasteiger partial charge in [0.2, 0.25) is 0 Å². The SMILES string of the molecule is CC(C)(C)C1CCCN(C2CCC2)C1. The van der Waals surface area contributed by atoms with Crippen LogP contribution in [0.5, 0.6) is 0 Å². The fourth-order valence-electron chi connectivity index (χ4n) is 2.80. The number of rotatable bonds is 1. The lowest BCUT2D eigenvalue weighted by atomic mass is 9.75. The maximum absolute atomic E-state index is 2.77. The molecule has 1 unspecified atom stereocenters. The highest BCUT2D eigenvalue weighted by Crippen LogP contribution is 2.36. The molecule has 0 amide bonds. The fourth-order valence-corrected chi connectivity index (χ4v) is 2.80. The molecule has 1 aliphatic heterocycles. The van der Waals surface area contributed by atoms with Crippen molar-refractivity contribution in [3.8, 4) is 0 Å². The summed E-state index contributed by atoms with van der Waals surface area (Å²) in [5.74, 6) is 0.928. The summed E-state index contributed by atoms with van der Waals surface area (Å²) in [7, 11) is 0. The quantitative estimate of drug-likeness (QED) is 0.620. The Morgan fingerprint density at radius 3 is 2.21 bits per heavy atom. The molecule has 0 spiro atoms. The number of piperidine rings is 1. The van der Waals surface area contributed by atoms with Gasteiger partial charge in [-0.3, -0.25) is 0 Å². The molecule has 82 valence electrons. The summed E-state index contributed by atoms with van der Waals surface area (Å²) in [6.07, 6.45) is 7.29. The summed E-state index contributed by atoms with van der Waals surface area (Å²) in [6.45, 7) is 9.96. The van der Waals surface area contributed by atoms with Crippen molar-refractivity contribution in [3.63, 3.8) is 0 Å². The lowest BCUT2D eigenvalue weighted by Gasteiger charge is -2.45. The first-order valence-corrected chi connectivity index (χ1v) is 6.31. The van der Waals surface area contributed by atoms with Gasteiger partial charge in [-0.25, -0.2) is 0 Å². The van der Waals surface area contributed by atoms with Gasteiger partial charge in [-0.05, 0) is 43.6 Å². The molecule has 2 rings (SSSR count). The largest absolute Gasteiger partial charge is 0.300 e. The third-order valence-corrected chi connectivity index (χ3v) is 4.27. The van der Waals surface area contributed by atoms with Crippen molar-refractivity contribution in [1.29, 1.82) is 0 Å². The van der Waals surface area contributed by atoms with Crippen LogP contribution >= 0.6 is 0 Å². The molecule has 0 N–H and O–H groups in total. The van der Waals surface area contributed by atoms with Crippen molar-refractivity contribution >= 4 is 0 Å². The van der Waals surface area contributed by atoms with Crippen LogP contribution in [0.15, 0.2) is 0 Å². The van der Waals surface area contributed by atoms with Crippen LogP contribution in [0, 0.1) is 11.3 Å². The highest BCUT2D eigenvalue weighted by atomic mass is 15.2. The summed E-state index contributed by atoms with van der Waals surface area (Å²) in [4.78, 5) is 2.77. The van der Waals surface area contributed by atoms with Gasteiger partial charge in [0.1, 0.15) is 0 Å². The van der Waals surface area contributed by atoms with Crippen molar-refractivity contribution in [1.82, 2.24) is 4.90 Å². The van der Waals surface area contributed by atoms with Crippen molar-refractivity contribution < 1.29 is 0 Å². The van der Waals surface area contributed by atoms with Crippen molar-refractivity contribution in [2.45, 2.75) is 58.9 Å². The Labute approximate surface area is 88.9 Å². The zero-order valence-corrected chi connectivity index (χ0v) is 10.1. The van der Waals surface area contributed by atoms with E-state index >= 15 is 0 Å². The Hall–Kier alpha value is -0.0400. The molecule has 0 bridgehead atoms. The van der Waals surface area contributed by atoms with Gasteiger partial charge in [-0.15, -0.1) is 0 Å². The highest BCUT2D eigenvalue weighted by Gasteiger charge is 2.33. The van der Waals surface area contributed by atoms with Crippen LogP contribution < -0.4 is 0 Å². The van der Waals surface area contributed by atoms with Gasteiger partial charge >= 0.3 is 0 Å². The second kappa shape index (κ2) is 3.84. The van der Waals surface area contributed by atoms with E-state index < -0.39 is 0 Å². The molecular formula is C13H25N. The number of likely N-dealkylation sites (tertiary alicyclic amines) is 1. The van der Waals surface area contributed by atoms with Crippen LogP contribution in [-0.4, -0.2) is 24.0 Å². The second-order valence-corrected chi connectivity index (χ2v) is 6.28. The number of nitrogens with zero attached hydrogens (tertiary/aromatic N) is 1. The Kier molecular flexibility index (Phi) is 2.88. The van der Waals surface area contributed by atoms with E-state index in [1.807, 2.05) is 0 Å². The molecule has 1 atom stereocenters.